The molecule has 1 unspecified atom stereocenters. The third-order valence-electron chi connectivity index (χ3n) is 1.71. The zero-order chi connectivity index (χ0) is 11.1. The van der Waals surface area contributed by atoms with Crippen LogP contribution in [-0.4, -0.2) is 10.5 Å². The molecule has 0 radical (unpaired) electrons. The Labute approximate surface area is 87.8 Å². The lowest BCUT2D eigenvalue weighted by Gasteiger charge is -2.00. The highest BCUT2D eigenvalue weighted by Gasteiger charge is 2.05. The van der Waals surface area contributed by atoms with Crippen molar-refractivity contribution < 1.29 is 8.60 Å². The van der Waals surface area contributed by atoms with Crippen LogP contribution >= 0.6 is 0 Å². The predicted molar refractivity (Wildman–Crippen MR) is 59.5 cm³/mol. The van der Waals surface area contributed by atoms with E-state index in [4.69, 9.17) is 0 Å². The summed E-state index contributed by atoms with van der Waals surface area (Å²) in [6.07, 6.45) is 2.28. The Morgan fingerprint density at radius 3 is 2.29 bits per heavy atom. The first kappa shape index (κ1) is 13.3. The van der Waals surface area contributed by atoms with Crippen molar-refractivity contribution in [2.24, 2.45) is 0 Å². The smallest absolute Gasteiger partial charge is 0.139 e. The third-order valence-corrected chi connectivity index (χ3v) is 2.66. The maximum absolute atomic E-state index is 13.1. The van der Waals surface area contributed by atoms with Gasteiger partial charge in [0.1, 0.15) is 5.82 Å². The lowest BCUT2D eigenvalue weighted by molar-refractivity contribution is 0.594. The van der Waals surface area contributed by atoms with Crippen LogP contribution in [0.15, 0.2) is 23.1 Å². The van der Waals surface area contributed by atoms with Gasteiger partial charge in [-0.15, -0.1) is 0 Å². The van der Waals surface area contributed by atoms with Crippen LogP contribution in [0.5, 0.6) is 0 Å². The van der Waals surface area contributed by atoms with Gasteiger partial charge in [0.15, 0.2) is 0 Å². The van der Waals surface area contributed by atoms with Gasteiger partial charge in [-0.1, -0.05) is 26.8 Å². The molecule has 3 heteroatoms. The molecule has 0 spiro atoms. The Hall–Kier alpha value is -0.700. The van der Waals surface area contributed by atoms with Gasteiger partial charge in [-0.25, -0.2) is 4.39 Å². The highest BCUT2D eigenvalue weighted by molar-refractivity contribution is 7.84. The summed E-state index contributed by atoms with van der Waals surface area (Å²) in [6, 6.07) is 4.83. The van der Waals surface area contributed by atoms with E-state index < -0.39 is 10.8 Å². The maximum Gasteiger partial charge on any atom is 0.139 e. The fourth-order valence-corrected chi connectivity index (χ4v) is 1.59. The van der Waals surface area contributed by atoms with E-state index in [1.165, 1.54) is 12.3 Å². The molecule has 0 saturated carbocycles. The monoisotopic (exact) mass is 216 g/mol. The van der Waals surface area contributed by atoms with Gasteiger partial charge in [-0.3, -0.25) is 4.21 Å². The number of hydrogen-bond acceptors (Lipinski definition) is 1. The molecule has 0 aromatic heterocycles. The van der Waals surface area contributed by atoms with Gasteiger partial charge in [0.2, 0.25) is 0 Å². The van der Waals surface area contributed by atoms with Crippen LogP contribution < -0.4 is 0 Å². The molecule has 80 valence electrons. The number of benzene rings is 1. The van der Waals surface area contributed by atoms with Crippen molar-refractivity contribution in [3.63, 3.8) is 0 Å². The molecule has 0 N–H and O–H groups in total. The van der Waals surface area contributed by atoms with E-state index in [0.29, 0.717) is 0 Å². The normalized spacial score (nSPS) is 11.5. The molecule has 1 aromatic carbocycles. The van der Waals surface area contributed by atoms with E-state index >= 15 is 0 Å². The molecule has 0 saturated heterocycles. The standard InChI is InChI=1S/C9H11FOS.C2H6/c1-3-7-4-5-9(12(2)11)8(10)6-7;1-2/h4-6H,3H2,1-2H3;1-2H3. The van der Waals surface area contributed by atoms with Crippen molar-refractivity contribution in [1.82, 2.24) is 0 Å². The molecule has 0 aliphatic carbocycles. The average molecular weight is 216 g/mol. The lowest BCUT2D eigenvalue weighted by Crippen LogP contribution is -1.93. The van der Waals surface area contributed by atoms with Crippen molar-refractivity contribution >= 4 is 10.8 Å². The first-order chi connectivity index (χ1) is 6.65. The van der Waals surface area contributed by atoms with Crippen molar-refractivity contribution in [3.8, 4) is 0 Å². The summed E-state index contributed by atoms with van der Waals surface area (Å²) in [7, 11) is -1.23. The Morgan fingerprint density at radius 2 is 1.93 bits per heavy atom. The van der Waals surface area contributed by atoms with E-state index in [2.05, 4.69) is 0 Å². The molecule has 0 bridgehead atoms. The maximum atomic E-state index is 13.1. The molecule has 0 aliphatic heterocycles. The molecule has 0 aliphatic rings. The minimum absolute atomic E-state index is 0.284. The highest BCUT2D eigenvalue weighted by atomic mass is 32.2. The predicted octanol–water partition coefficient (Wildman–Crippen LogP) is 3.15. The quantitative estimate of drug-likeness (QED) is 0.742. The van der Waals surface area contributed by atoms with Crippen molar-refractivity contribution in [3.05, 3.63) is 29.6 Å². The molecule has 1 aromatic rings. The lowest BCUT2D eigenvalue weighted by atomic mass is 10.2. The molecular formula is C11H17FOS. The SMILES string of the molecule is CC.CCc1ccc(S(C)=O)c(F)c1. The summed E-state index contributed by atoms with van der Waals surface area (Å²) in [5.41, 5.74) is 0.932. The second-order valence-electron chi connectivity index (χ2n) is 2.57. The Morgan fingerprint density at radius 1 is 1.36 bits per heavy atom. The summed E-state index contributed by atoms with van der Waals surface area (Å²) in [5, 5.41) is 0. The second kappa shape index (κ2) is 6.71. The van der Waals surface area contributed by atoms with E-state index in [9.17, 15) is 8.60 Å². The third kappa shape index (κ3) is 3.58. The van der Waals surface area contributed by atoms with E-state index in [1.807, 2.05) is 20.8 Å². The minimum atomic E-state index is -1.23. The molecule has 1 rings (SSSR count). The van der Waals surface area contributed by atoms with Crippen molar-refractivity contribution in [1.29, 1.82) is 0 Å². The van der Waals surface area contributed by atoms with Crippen LogP contribution in [0.3, 0.4) is 0 Å². The molecule has 0 fully saturated rings. The fraction of sp³-hybridized carbons (Fsp3) is 0.455. The van der Waals surface area contributed by atoms with Gasteiger partial charge in [0.05, 0.1) is 15.7 Å². The van der Waals surface area contributed by atoms with Gasteiger partial charge >= 0.3 is 0 Å². The Balaban J connectivity index is 0.000000791. The number of halogens is 1. The van der Waals surface area contributed by atoms with Gasteiger partial charge in [0.25, 0.3) is 0 Å². The largest absolute Gasteiger partial charge is 0.255 e. The van der Waals surface area contributed by atoms with E-state index in [0.717, 1.165) is 12.0 Å². The minimum Gasteiger partial charge on any atom is -0.255 e. The summed E-state index contributed by atoms with van der Waals surface area (Å²) in [5.74, 6) is -0.366. The van der Waals surface area contributed by atoms with Gasteiger partial charge in [-0.2, -0.15) is 0 Å². The fourth-order valence-electron chi connectivity index (χ4n) is 0.997. The number of rotatable bonds is 2. The van der Waals surface area contributed by atoms with Crippen LogP contribution in [0.2, 0.25) is 0 Å². The topological polar surface area (TPSA) is 17.1 Å². The Kier molecular flexibility index (Phi) is 6.37. The highest BCUT2D eigenvalue weighted by Crippen LogP contribution is 2.13. The molecule has 14 heavy (non-hydrogen) atoms. The van der Waals surface area contributed by atoms with Crippen LogP contribution in [0.4, 0.5) is 4.39 Å². The van der Waals surface area contributed by atoms with Crippen molar-refractivity contribution in [2.45, 2.75) is 32.1 Å². The van der Waals surface area contributed by atoms with Gasteiger partial charge < -0.3 is 0 Å². The van der Waals surface area contributed by atoms with Gasteiger partial charge in [-0.05, 0) is 24.1 Å². The number of aryl methyl sites for hydroxylation is 1. The molecule has 1 nitrogen and oxygen atoms in total. The number of hydrogen-bond donors (Lipinski definition) is 0. The molecule has 0 amide bonds. The summed E-state index contributed by atoms with van der Waals surface area (Å²) < 4.78 is 24.0. The second-order valence-corrected chi connectivity index (χ2v) is 3.92. The average Bonchev–Trinajstić information content (AvgIpc) is 2.20. The summed E-state index contributed by atoms with van der Waals surface area (Å²) in [6.45, 7) is 5.96. The van der Waals surface area contributed by atoms with Crippen LogP contribution in [0.1, 0.15) is 26.3 Å². The van der Waals surface area contributed by atoms with Crippen molar-refractivity contribution in [2.75, 3.05) is 6.26 Å². The summed E-state index contributed by atoms with van der Waals surface area (Å²) in [4.78, 5) is 0.284. The van der Waals surface area contributed by atoms with Crippen LogP contribution in [0.25, 0.3) is 0 Å². The Bertz CT molecular complexity index is 310. The zero-order valence-corrected chi connectivity index (χ0v) is 9.95. The van der Waals surface area contributed by atoms with Crippen LogP contribution in [0, 0.1) is 5.82 Å². The molecule has 0 heterocycles. The molecule has 1 atom stereocenters. The van der Waals surface area contributed by atoms with E-state index in [1.54, 1.807) is 12.1 Å². The molecular weight excluding hydrogens is 199 g/mol. The van der Waals surface area contributed by atoms with Crippen LogP contribution in [-0.2, 0) is 17.2 Å². The summed E-state index contributed by atoms with van der Waals surface area (Å²) >= 11 is 0. The van der Waals surface area contributed by atoms with E-state index in [-0.39, 0.29) is 10.7 Å². The first-order valence-electron chi connectivity index (χ1n) is 4.77. The zero-order valence-electron chi connectivity index (χ0n) is 9.13. The van der Waals surface area contributed by atoms with Gasteiger partial charge in [0, 0.05) is 6.26 Å². The first-order valence-corrected chi connectivity index (χ1v) is 6.32.